The highest BCUT2D eigenvalue weighted by atomic mass is 32.2. The van der Waals surface area contributed by atoms with Gasteiger partial charge in [-0.3, -0.25) is 4.21 Å². The fourth-order valence-corrected chi connectivity index (χ4v) is 2.80. The second-order valence-electron chi connectivity index (χ2n) is 3.83. The summed E-state index contributed by atoms with van der Waals surface area (Å²) in [7, 11) is -1.16. The van der Waals surface area contributed by atoms with Crippen LogP contribution in [0.5, 0.6) is 0 Å². The first kappa shape index (κ1) is 13.8. The van der Waals surface area contributed by atoms with Crippen LogP contribution in [-0.4, -0.2) is 16.0 Å². The Morgan fingerprint density at radius 3 is 2.88 bits per heavy atom. The van der Waals surface area contributed by atoms with E-state index < -0.39 is 16.6 Å². The predicted octanol–water partition coefficient (Wildman–Crippen LogP) is 1.68. The van der Waals surface area contributed by atoms with Gasteiger partial charge in [0.1, 0.15) is 5.82 Å². The number of rotatable bonds is 5. The average molecular weight is 254 g/mol. The van der Waals surface area contributed by atoms with Crippen LogP contribution in [0.2, 0.25) is 0 Å². The maximum absolute atomic E-state index is 13.0. The minimum absolute atomic E-state index is 0.116. The van der Waals surface area contributed by atoms with Crippen molar-refractivity contribution in [3.63, 3.8) is 0 Å². The summed E-state index contributed by atoms with van der Waals surface area (Å²) < 4.78 is 24.8. The van der Waals surface area contributed by atoms with Crippen molar-refractivity contribution in [3.8, 4) is 6.07 Å². The lowest BCUT2D eigenvalue weighted by Gasteiger charge is -2.09. The zero-order chi connectivity index (χ0) is 12.8. The molecule has 0 bridgehead atoms. The standard InChI is InChI=1S/C12H15FN2OS/c1-2-12(15)8-17(16)7-10-5-11(13)4-3-9(10)6-14/h3-5,12H,2,7-8,15H2,1H3. The lowest BCUT2D eigenvalue weighted by molar-refractivity contribution is 0.626. The maximum Gasteiger partial charge on any atom is 0.123 e. The lowest BCUT2D eigenvalue weighted by atomic mass is 10.1. The van der Waals surface area contributed by atoms with Gasteiger partial charge in [-0.15, -0.1) is 0 Å². The molecule has 3 nitrogen and oxygen atoms in total. The van der Waals surface area contributed by atoms with E-state index in [1.54, 1.807) is 0 Å². The summed E-state index contributed by atoms with van der Waals surface area (Å²) in [5, 5.41) is 8.85. The van der Waals surface area contributed by atoms with E-state index >= 15 is 0 Å². The van der Waals surface area contributed by atoms with E-state index in [-0.39, 0.29) is 11.8 Å². The molecule has 0 aliphatic carbocycles. The number of nitrogens with two attached hydrogens (primary N) is 1. The second kappa shape index (κ2) is 6.48. The van der Waals surface area contributed by atoms with Crippen LogP contribution in [0.4, 0.5) is 4.39 Å². The van der Waals surface area contributed by atoms with Gasteiger partial charge in [0.05, 0.1) is 11.6 Å². The molecule has 0 aromatic heterocycles. The molecule has 17 heavy (non-hydrogen) atoms. The van der Waals surface area contributed by atoms with E-state index in [1.165, 1.54) is 18.2 Å². The van der Waals surface area contributed by atoms with Gasteiger partial charge in [-0.1, -0.05) is 6.92 Å². The van der Waals surface area contributed by atoms with Gasteiger partial charge in [0.15, 0.2) is 0 Å². The monoisotopic (exact) mass is 254 g/mol. The molecule has 0 fully saturated rings. The molecule has 2 atom stereocenters. The van der Waals surface area contributed by atoms with Crippen LogP contribution in [0.1, 0.15) is 24.5 Å². The highest BCUT2D eigenvalue weighted by Gasteiger charge is 2.10. The topological polar surface area (TPSA) is 66.9 Å². The molecule has 92 valence electrons. The molecule has 0 spiro atoms. The Balaban J connectivity index is 2.77. The van der Waals surface area contributed by atoms with Crippen LogP contribution >= 0.6 is 0 Å². The van der Waals surface area contributed by atoms with Crippen molar-refractivity contribution >= 4 is 10.8 Å². The third-order valence-electron chi connectivity index (χ3n) is 2.43. The zero-order valence-electron chi connectivity index (χ0n) is 9.65. The van der Waals surface area contributed by atoms with Gasteiger partial charge in [0.25, 0.3) is 0 Å². The summed E-state index contributed by atoms with van der Waals surface area (Å²) in [4.78, 5) is 0. The summed E-state index contributed by atoms with van der Waals surface area (Å²) in [6.45, 7) is 1.92. The molecule has 1 aromatic rings. The van der Waals surface area contributed by atoms with Crippen LogP contribution in [0.15, 0.2) is 18.2 Å². The molecule has 0 aliphatic heterocycles. The highest BCUT2D eigenvalue weighted by Crippen LogP contribution is 2.13. The third kappa shape index (κ3) is 4.25. The molecule has 0 aliphatic rings. The van der Waals surface area contributed by atoms with Gasteiger partial charge in [-0.25, -0.2) is 4.39 Å². The molecule has 0 saturated heterocycles. The van der Waals surface area contributed by atoms with E-state index in [0.717, 1.165) is 6.42 Å². The number of halogens is 1. The van der Waals surface area contributed by atoms with Crippen molar-refractivity contribution in [2.75, 3.05) is 5.75 Å². The zero-order valence-corrected chi connectivity index (χ0v) is 10.5. The molecule has 0 heterocycles. The number of nitrogens with zero attached hydrogens (tertiary/aromatic N) is 1. The lowest BCUT2D eigenvalue weighted by Crippen LogP contribution is -2.26. The summed E-state index contributed by atoms with van der Waals surface area (Å²) in [6, 6.07) is 5.73. The fraction of sp³-hybridized carbons (Fsp3) is 0.417. The quantitative estimate of drug-likeness (QED) is 0.869. The van der Waals surface area contributed by atoms with Crippen LogP contribution in [-0.2, 0) is 16.6 Å². The Hall–Kier alpha value is -1.25. The van der Waals surface area contributed by atoms with Gasteiger partial charge in [-0.2, -0.15) is 5.26 Å². The molecular formula is C12H15FN2OS. The Morgan fingerprint density at radius 1 is 1.59 bits per heavy atom. The van der Waals surface area contributed by atoms with E-state index in [0.29, 0.717) is 16.9 Å². The summed E-state index contributed by atoms with van der Waals surface area (Å²) in [5.41, 5.74) is 6.54. The maximum atomic E-state index is 13.0. The molecule has 5 heteroatoms. The molecule has 0 saturated carbocycles. The highest BCUT2D eigenvalue weighted by molar-refractivity contribution is 7.84. The van der Waals surface area contributed by atoms with Gasteiger partial charge in [-0.05, 0) is 30.2 Å². The Bertz CT molecular complexity index is 456. The summed E-state index contributed by atoms with van der Waals surface area (Å²) in [5.74, 6) is 0.127. The summed E-state index contributed by atoms with van der Waals surface area (Å²) >= 11 is 0. The van der Waals surface area contributed by atoms with Gasteiger partial charge >= 0.3 is 0 Å². The van der Waals surface area contributed by atoms with E-state index in [2.05, 4.69) is 0 Å². The molecule has 0 amide bonds. The Kier molecular flexibility index (Phi) is 5.26. The van der Waals surface area contributed by atoms with Crippen LogP contribution in [0, 0.1) is 17.1 Å². The first-order chi connectivity index (χ1) is 8.06. The molecule has 0 radical (unpaired) electrons. The van der Waals surface area contributed by atoms with Gasteiger partial charge in [0.2, 0.25) is 0 Å². The van der Waals surface area contributed by atoms with Crippen molar-refractivity contribution < 1.29 is 8.60 Å². The van der Waals surface area contributed by atoms with Crippen molar-refractivity contribution in [1.82, 2.24) is 0 Å². The van der Waals surface area contributed by atoms with Crippen molar-refractivity contribution in [3.05, 3.63) is 35.1 Å². The first-order valence-corrected chi connectivity index (χ1v) is 6.84. The van der Waals surface area contributed by atoms with E-state index in [9.17, 15) is 8.60 Å². The van der Waals surface area contributed by atoms with Gasteiger partial charge in [0, 0.05) is 28.3 Å². The smallest absolute Gasteiger partial charge is 0.123 e. The largest absolute Gasteiger partial charge is 0.327 e. The molecule has 2 N–H and O–H groups in total. The average Bonchev–Trinajstić information content (AvgIpc) is 2.29. The Morgan fingerprint density at radius 2 is 2.29 bits per heavy atom. The molecule has 2 unspecified atom stereocenters. The number of hydrogen-bond donors (Lipinski definition) is 1. The molecular weight excluding hydrogens is 239 g/mol. The van der Waals surface area contributed by atoms with Crippen LogP contribution < -0.4 is 5.73 Å². The molecule has 1 rings (SSSR count). The second-order valence-corrected chi connectivity index (χ2v) is 5.33. The number of benzene rings is 1. The van der Waals surface area contributed by atoms with Crippen LogP contribution in [0.3, 0.4) is 0 Å². The van der Waals surface area contributed by atoms with Crippen molar-refractivity contribution in [1.29, 1.82) is 5.26 Å². The minimum Gasteiger partial charge on any atom is -0.327 e. The van der Waals surface area contributed by atoms with Crippen molar-refractivity contribution in [2.45, 2.75) is 25.1 Å². The SMILES string of the molecule is CCC(N)CS(=O)Cc1cc(F)ccc1C#N. The van der Waals surface area contributed by atoms with Gasteiger partial charge < -0.3 is 5.73 Å². The summed E-state index contributed by atoms with van der Waals surface area (Å²) in [6.07, 6.45) is 0.750. The number of nitriles is 1. The fourth-order valence-electron chi connectivity index (χ4n) is 1.38. The van der Waals surface area contributed by atoms with E-state index in [1.807, 2.05) is 13.0 Å². The third-order valence-corrected chi connectivity index (χ3v) is 3.86. The number of hydrogen-bond acceptors (Lipinski definition) is 3. The predicted molar refractivity (Wildman–Crippen MR) is 66.1 cm³/mol. The first-order valence-electron chi connectivity index (χ1n) is 5.36. The van der Waals surface area contributed by atoms with E-state index in [4.69, 9.17) is 11.0 Å². The van der Waals surface area contributed by atoms with Crippen LogP contribution in [0.25, 0.3) is 0 Å². The molecule has 1 aromatic carbocycles. The Labute approximate surface area is 103 Å². The minimum atomic E-state index is -1.16. The van der Waals surface area contributed by atoms with Crippen molar-refractivity contribution in [2.24, 2.45) is 5.73 Å². The normalized spacial score (nSPS) is 14.0.